The fraction of sp³-hybridized carbons (Fsp3) is 0.500. The predicted octanol–water partition coefficient (Wildman–Crippen LogP) is 1.55. The van der Waals surface area contributed by atoms with Crippen LogP contribution in [0.1, 0.15) is 11.8 Å². The molecule has 0 aliphatic carbocycles. The van der Waals surface area contributed by atoms with Crippen LogP contribution in [0, 0.1) is 0 Å². The van der Waals surface area contributed by atoms with Gasteiger partial charge in [0.25, 0.3) is 0 Å². The Labute approximate surface area is 110 Å². The number of ether oxygens (including phenoxy) is 1. The second-order valence-corrected chi connectivity index (χ2v) is 5.16. The van der Waals surface area contributed by atoms with Crippen molar-refractivity contribution in [3.63, 3.8) is 0 Å². The van der Waals surface area contributed by atoms with Crippen LogP contribution in [0.15, 0.2) is 17.5 Å². The number of hydrogen-bond donors (Lipinski definition) is 0. The van der Waals surface area contributed by atoms with Crippen LogP contribution in [0.5, 0.6) is 0 Å². The van der Waals surface area contributed by atoms with Crippen molar-refractivity contribution in [2.24, 2.45) is 0 Å². The lowest BCUT2D eigenvalue weighted by atomic mass is 10.3. The molecule has 2 rings (SSSR count). The van der Waals surface area contributed by atoms with Gasteiger partial charge in [0.1, 0.15) is 6.61 Å². The Hall–Kier alpha value is -1.56. The van der Waals surface area contributed by atoms with Gasteiger partial charge in [0.15, 0.2) is 0 Å². The van der Waals surface area contributed by atoms with Crippen molar-refractivity contribution in [1.29, 1.82) is 0 Å². The first-order valence-electron chi connectivity index (χ1n) is 5.86. The third kappa shape index (κ3) is 3.22. The molecule has 1 aliphatic rings. The van der Waals surface area contributed by atoms with E-state index < -0.39 is 0 Å². The summed E-state index contributed by atoms with van der Waals surface area (Å²) in [5.74, 6) is 0.0570. The van der Waals surface area contributed by atoms with Crippen LogP contribution in [-0.4, -0.2) is 48.0 Å². The first-order chi connectivity index (χ1) is 8.66. The van der Waals surface area contributed by atoms with Gasteiger partial charge in [-0.2, -0.15) is 0 Å². The summed E-state index contributed by atoms with van der Waals surface area (Å²) in [5.41, 5.74) is 0. The molecule has 18 heavy (non-hydrogen) atoms. The molecule has 5 nitrogen and oxygen atoms in total. The largest absolute Gasteiger partial charge is 0.444 e. The van der Waals surface area contributed by atoms with Crippen molar-refractivity contribution in [2.45, 2.75) is 13.5 Å². The van der Waals surface area contributed by atoms with Crippen LogP contribution >= 0.6 is 11.3 Å². The topological polar surface area (TPSA) is 49.9 Å². The molecule has 98 valence electrons. The molecule has 0 spiro atoms. The van der Waals surface area contributed by atoms with E-state index in [1.807, 2.05) is 17.5 Å². The maximum absolute atomic E-state index is 11.8. The van der Waals surface area contributed by atoms with Gasteiger partial charge < -0.3 is 14.5 Å². The van der Waals surface area contributed by atoms with Crippen molar-refractivity contribution in [1.82, 2.24) is 9.80 Å². The third-order valence-electron chi connectivity index (χ3n) is 2.90. The minimum atomic E-state index is -0.299. The number of hydrogen-bond acceptors (Lipinski definition) is 4. The molecule has 6 heteroatoms. The van der Waals surface area contributed by atoms with Gasteiger partial charge in [-0.3, -0.25) is 4.79 Å². The van der Waals surface area contributed by atoms with Crippen LogP contribution in [-0.2, 0) is 16.1 Å². The van der Waals surface area contributed by atoms with E-state index in [2.05, 4.69) is 0 Å². The van der Waals surface area contributed by atoms with Gasteiger partial charge >= 0.3 is 6.09 Å². The Morgan fingerprint density at radius 1 is 1.28 bits per heavy atom. The average molecular weight is 268 g/mol. The van der Waals surface area contributed by atoms with E-state index in [1.165, 1.54) is 0 Å². The van der Waals surface area contributed by atoms with Gasteiger partial charge in [-0.1, -0.05) is 6.07 Å². The molecular weight excluding hydrogens is 252 g/mol. The van der Waals surface area contributed by atoms with Crippen molar-refractivity contribution in [3.8, 4) is 0 Å². The van der Waals surface area contributed by atoms with Crippen molar-refractivity contribution in [2.75, 3.05) is 26.2 Å². The van der Waals surface area contributed by atoms with Crippen LogP contribution in [0.3, 0.4) is 0 Å². The molecule has 1 aromatic rings. The minimum absolute atomic E-state index is 0.0570. The summed E-state index contributed by atoms with van der Waals surface area (Å²) in [7, 11) is 0. The highest BCUT2D eigenvalue weighted by Crippen LogP contribution is 2.11. The van der Waals surface area contributed by atoms with Gasteiger partial charge in [-0.15, -0.1) is 11.3 Å². The number of carbonyl (C=O) groups is 2. The summed E-state index contributed by atoms with van der Waals surface area (Å²) < 4.78 is 5.22. The van der Waals surface area contributed by atoms with E-state index in [4.69, 9.17) is 4.74 Å². The second-order valence-electron chi connectivity index (χ2n) is 4.13. The standard InChI is InChI=1S/C12H16N2O3S/c1-10(15)13-4-6-14(7-5-13)12(16)17-9-11-3-2-8-18-11/h2-3,8H,4-7,9H2,1H3. The normalized spacial score (nSPS) is 15.6. The summed E-state index contributed by atoms with van der Waals surface area (Å²) >= 11 is 1.57. The SMILES string of the molecule is CC(=O)N1CCN(C(=O)OCc2cccs2)CC1. The van der Waals surface area contributed by atoms with E-state index in [9.17, 15) is 9.59 Å². The fourth-order valence-corrected chi connectivity index (χ4v) is 2.44. The van der Waals surface area contributed by atoms with Gasteiger partial charge in [0, 0.05) is 38.0 Å². The maximum Gasteiger partial charge on any atom is 0.410 e. The molecule has 1 fully saturated rings. The second kappa shape index (κ2) is 5.86. The number of rotatable bonds is 2. The van der Waals surface area contributed by atoms with Gasteiger partial charge in [-0.05, 0) is 11.4 Å². The Morgan fingerprint density at radius 3 is 2.50 bits per heavy atom. The summed E-state index contributed by atoms with van der Waals surface area (Å²) in [6.07, 6.45) is -0.299. The zero-order valence-corrected chi connectivity index (χ0v) is 11.1. The molecular formula is C12H16N2O3S. The number of carbonyl (C=O) groups excluding carboxylic acids is 2. The van der Waals surface area contributed by atoms with Crippen molar-refractivity contribution >= 4 is 23.3 Å². The maximum atomic E-state index is 11.8. The molecule has 0 radical (unpaired) electrons. The van der Waals surface area contributed by atoms with E-state index in [1.54, 1.807) is 28.1 Å². The van der Waals surface area contributed by atoms with Crippen LogP contribution in [0.25, 0.3) is 0 Å². The molecule has 2 amide bonds. The highest BCUT2D eigenvalue weighted by Gasteiger charge is 2.23. The van der Waals surface area contributed by atoms with Crippen LogP contribution < -0.4 is 0 Å². The Kier molecular flexibility index (Phi) is 4.19. The Morgan fingerprint density at radius 2 is 1.94 bits per heavy atom. The molecule has 0 bridgehead atoms. The molecule has 0 aromatic carbocycles. The summed E-state index contributed by atoms with van der Waals surface area (Å²) in [5, 5.41) is 1.95. The minimum Gasteiger partial charge on any atom is -0.444 e. The monoisotopic (exact) mass is 268 g/mol. The molecule has 1 aromatic heterocycles. The zero-order chi connectivity index (χ0) is 13.0. The van der Waals surface area contributed by atoms with Gasteiger partial charge in [0.2, 0.25) is 5.91 Å². The van der Waals surface area contributed by atoms with Crippen LogP contribution in [0.4, 0.5) is 4.79 Å². The lowest BCUT2D eigenvalue weighted by Gasteiger charge is -2.33. The van der Waals surface area contributed by atoms with Crippen LogP contribution in [0.2, 0.25) is 0 Å². The van der Waals surface area contributed by atoms with E-state index in [-0.39, 0.29) is 12.0 Å². The number of amides is 2. The first-order valence-corrected chi connectivity index (χ1v) is 6.74. The molecule has 0 N–H and O–H groups in total. The van der Waals surface area contributed by atoms with Gasteiger partial charge in [0.05, 0.1) is 0 Å². The van der Waals surface area contributed by atoms with E-state index in [0.717, 1.165) is 4.88 Å². The quantitative estimate of drug-likeness (QED) is 0.817. The molecule has 0 unspecified atom stereocenters. The first kappa shape index (κ1) is 12.9. The molecule has 2 heterocycles. The Bertz CT molecular complexity index is 411. The van der Waals surface area contributed by atoms with Crippen molar-refractivity contribution in [3.05, 3.63) is 22.4 Å². The molecule has 0 atom stereocenters. The predicted molar refractivity (Wildman–Crippen MR) is 68.3 cm³/mol. The van der Waals surface area contributed by atoms with E-state index >= 15 is 0 Å². The van der Waals surface area contributed by atoms with E-state index in [0.29, 0.717) is 32.8 Å². The highest BCUT2D eigenvalue weighted by molar-refractivity contribution is 7.09. The lowest BCUT2D eigenvalue weighted by Crippen LogP contribution is -2.50. The molecule has 0 saturated carbocycles. The smallest absolute Gasteiger partial charge is 0.410 e. The zero-order valence-electron chi connectivity index (χ0n) is 10.3. The lowest BCUT2D eigenvalue weighted by molar-refractivity contribution is -0.130. The third-order valence-corrected chi connectivity index (χ3v) is 3.75. The molecule has 1 aliphatic heterocycles. The van der Waals surface area contributed by atoms with Crippen molar-refractivity contribution < 1.29 is 14.3 Å². The number of piperazine rings is 1. The number of nitrogens with zero attached hydrogens (tertiary/aromatic N) is 2. The summed E-state index contributed by atoms with van der Waals surface area (Å²) in [6.45, 7) is 4.13. The fourth-order valence-electron chi connectivity index (χ4n) is 1.82. The number of thiophene rings is 1. The summed E-state index contributed by atoms with van der Waals surface area (Å²) in [4.78, 5) is 27.3. The van der Waals surface area contributed by atoms with Gasteiger partial charge in [-0.25, -0.2) is 4.79 Å². The summed E-state index contributed by atoms with van der Waals surface area (Å²) in [6, 6.07) is 3.87. The highest BCUT2D eigenvalue weighted by atomic mass is 32.1. The average Bonchev–Trinajstić information content (AvgIpc) is 2.89. The molecule has 1 saturated heterocycles. The Balaban J connectivity index is 1.75.